The maximum absolute atomic E-state index is 12.4. The van der Waals surface area contributed by atoms with E-state index < -0.39 is 28.1 Å². The van der Waals surface area contributed by atoms with Crippen LogP contribution in [0.4, 0.5) is 13.2 Å². The Bertz CT molecular complexity index is 1070. The van der Waals surface area contributed by atoms with Gasteiger partial charge in [0.05, 0.1) is 11.1 Å². The number of benzene rings is 1. The van der Waals surface area contributed by atoms with Gasteiger partial charge in [-0.3, -0.25) is 9.48 Å². The molecule has 1 aromatic heterocycles. The first kappa shape index (κ1) is 27.6. The van der Waals surface area contributed by atoms with Crippen molar-refractivity contribution in [3.63, 3.8) is 0 Å². The van der Waals surface area contributed by atoms with Crippen molar-refractivity contribution in [1.29, 1.82) is 0 Å². The number of aromatic nitrogens is 3. The molecule has 3 N–H and O–H groups in total. The van der Waals surface area contributed by atoms with Gasteiger partial charge in [-0.15, -0.1) is 16.9 Å². The number of carboxylic acids is 1. The van der Waals surface area contributed by atoms with Crippen molar-refractivity contribution in [3.8, 4) is 0 Å². The zero-order valence-electron chi connectivity index (χ0n) is 18.1. The summed E-state index contributed by atoms with van der Waals surface area (Å²) in [6, 6.07) is 6.77. The van der Waals surface area contributed by atoms with E-state index in [9.17, 15) is 26.4 Å². The molecule has 188 valence electrons. The fourth-order valence-electron chi connectivity index (χ4n) is 2.96. The Morgan fingerprint density at radius 2 is 1.91 bits per heavy atom. The first-order valence-corrected chi connectivity index (χ1v) is 12.8. The zero-order chi connectivity index (χ0) is 25.4. The number of nitrogens with zero attached hydrogens (tertiary/aromatic N) is 3. The van der Waals surface area contributed by atoms with Crippen molar-refractivity contribution < 1.29 is 36.3 Å². The number of carboxylic acid groups (broad SMARTS) is 1. The van der Waals surface area contributed by atoms with Gasteiger partial charge in [-0.25, -0.2) is 17.9 Å². The Labute approximate surface area is 198 Å². The lowest BCUT2D eigenvalue weighted by Gasteiger charge is -2.23. The molecule has 1 amide bonds. The van der Waals surface area contributed by atoms with E-state index in [2.05, 4.69) is 15.6 Å². The van der Waals surface area contributed by atoms with Gasteiger partial charge in [0.15, 0.2) is 5.69 Å². The number of rotatable bonds is 7. The number of amides is 1. The Kier molecular flexibility index (Phi) is 9.88. The first-order chi connectivity index (χ1) is 15.9. The van der Waals surface area contributed by atoms with Crippen molar-refractivity contribution in [1.82, 2.24) is 25.0 Å². The number of aliphatic carboxylic acids is 1. The molecule has 0 bridgehead atoms. The lowest BCUT2D eigenvalue weighted by atomic mass is 10.0. The standard InChI is InChI=1S/C17H23N5O3S2.C2HF3O2/c1-26-14-5-7-15(8-6-14)27(24,25)20-17(23)16-12-22(21-19-16)11-9-13-4-2-3-10-18-13;3-2(4,5)1(6)7/h5-8,12-13,18H,2-4,9-11H2,1H3,(H,20,23);(H,6,7). The number of sulfonamides is 1. The van der Waals surface area contributed by atoms with Gasteiger partial charge >= 0.3 is 12.1 Å². The second-order valence-corrected chi connectivity index (χ2v) is 9.78. The Morgan fingerprint density at radius 1 is 1.26 bits per heavy atom. The zero-order valence-corrected chi connectivity index (χ0v) is 19.7. The number of halogens is 3. The number of alkyl halides is 3. The van der Waals surface area contributed by atoms with E-state index in [1.807, 2.05) is 11.0 Å². The highest BCUT2D eigenvalue weighted by molar-refractivity contribution is 7.98. The number of hydrogen-bond acceptors (Lipinski definition) is 8. The van der Waals surface area contributed by atoms with Crippen molar-refractivity contribution in [2.75, 3.05) is 12.8 Å². The van der Waals surface area contributed by atoms with Gasteiger partial charge in [-0.05, 0) is 56.3 Å². The van der Waals surface area contributed by atoms with Gasteiger partial charge in [-0.1, -0.05) is 11.6 Å². The van der Waals surface area contributed by atoms with E-state index >= 15 is 0 Å². The van der Waals surface area contributed by atoms with E-state index in [-0.39, 0.29) is 10.6 Å². The Morgan fingerprint density at radius 3 is 2.44 bits per heavy atom. The largest absolute Gasteiger partial charge is 0.490 e. The second-order valence-electron chi connectivity index (χ2n) is 7.22. The maximum atomic E-state index is 12.4. The monoisotopic (exact) mass is 523 g/mol. The predicted octanol–water partition coefficient (Wildman–Crippen LogP) is 2.28. The van der Waals surface area contributed by atoms with Crippen molar-refractivity contribution in [3.05, 3.63) is 36.2 Å². The number of thioether (sulfide) groups is 1. The van der Waals surface area contributed by atoms with Gasteiger partial charge in [0.25, 0.3) is 15.9 Å². The molecule has 10 nitrogen and oxygen atoms in total. The topological polar surface area (TPSA) is 143 Å². The highest BCUT2D eigenvalue weighted by atomic mass is 32.2. The summed E-state index contributed by atoms with van der Waals surface area (Å²) in [5.74, 6) is -3.54. The average molecular weight is 524 g/mol. The lowest BCUT2D eigenvalue weighted by Crippen LogP contribution is -2.34. The van der Waals surface area contributed by atoms with Crippen LogP contribution in [0.3, 0.4) is 0 Å². The summed E-state index contributed by atoms with van der Waals surface area (Å²) < 4.78 is 60.1. The predicted molar refractivity (Wildman–Crippen MR) is 117 cm³/mol. The minimum absolute atomic E-state index is 0.0177. The third-order valence-electron chi connectivity index (χ3n) is 4.73. The quantitative estimate of drug-likeness (QED) is 0.466. The van der Waals surface area contributed by atoms with Crippen LogP contribution < -0.4 is 10.0 Å². The maximum Gasteiger partial charge on any atom is 0.490 e. The molecule has 1 saturated heterocycles. The van der Waals surface area contributed by atoms with Crippen molar-refractivity contribution in [2.24, 2.45) is 0 Å². The highest BCUT2D eigenvalue weighted by Gasteiger charge is 2.38. The van der Waals surface area contributed by atoms with Crippen molar-refractivity contribution in [2.45, 2.75) is 54.2 Å². The molecule has 15 heteroatoms. The average Bonchev–Trinajstić information content (AvgIpc) is 3.27. The van der Waals surface area contributed by atoms with Gasteiger partial charge in [0.2, 0.25) is 0 Å². The summed E-state index contributed by atoms with van der Waals surface area (Å²) in [5, 5.41) is 18.3. The fraction of sp³-hybridized carbons (Fsp3) is 0.474. The second kappa shape index (κ2) is 12.2. The first-order valence-electron chi connectivity index (χ1n) is 10.1. The minimum Gasteiger partial charge on any atom is -0.475 e. The fourth-order valence-corrected chi connectivity index (χ4v) is 4.33. The normalized spacial score (nSPS) is 16.3. The number of aryl methyl sites for hydroxylation is 1. The third kappa shape index (κ3) is 8.61. The Hall–Kier alpha value is -2.65. The molecular weight excluding hydrogens is 499 g/mol. The minimum atomic E-state index is -5.08. The smallest absolute Gasteiger partial charge is 0.475 e. The molecule has 3 rings (SSSR count). The molecule has 34 heavy (non-hydrogen) atoms. The van der Waals surface area contributed by atoms with Gasteiger partial charge in [0, 0.05) is 17.5 Å². The molecule has 1 aliphatic rings. The van der Waals surface area contributed by atoms with E-state index in [1.54, 1.807) is 16.8 Å². The molecule has 2 aromatic rings. The SMILES string of the molecule is CSc1ccc(S(=O)(=O)NC(=O)c2cn(CCC3CCCCN3)nn2)cc1.O=C(O)C(F)(F)F. The van der Waals surface area contributed by atoms with Crippen LogP contribution >= 0.6 is 11.8 Å². The van der Waals surface area contributed by atoms with Crippen molar-refractivity contribution >= 4 is 33.7 Å². The molecule has 0 saturated carbocycles. The summed E-state index contributed by atoms with van der Waals surface area (Å²) >= 11 is 1.51. The van der Waals surface area contributed by atoms with E-state index in [1.165, 1.54) is 42.9 Å². The van der Waals surface area contributed by atoms with Crippen LogP contribution in [0.1, 0.15) is 36.2 Å². The summed E-state index contributed by atoms with van der Waals surface area (Å²) in [6.07, 6.45) is 2.75. The van der Waals surface area contributed by atoms with Gasteiger partial charge in [0.1, 0.15) is 0 Å². The Balaban J connectivity index is 0.000000509. The van der Waals surface area contributed by atoms with Crippen LogP contribution in [-0.2, 0) is 21.4 Å². The molecule has 2 heterocycles. The number of carbonyl (C=O) groups is 2. The summed E-state index contributed by atoms with van der Waals surface area (Å²) in [7, 11) is -3.95. The van der Waals surface area contributed by atoms with Crippen LogP contribution in [0, 0.1) is 0 Å². The molecule has 0 spiro atoms. The highest BCUT2D eigenvalue weighted by Crippen LogP contribution is 2.18. The van der Waals surface area contributed by atoms with Crippen LogP contribution in [0.25, 0.3) is 0 Å². The van der Waals surface area contributed by atoms with E-state index in [4.69, 9.17) is 9.90 Å². The van der Waals surface area contributed by atoms with Crippen LogP contribution in [0.15, 0.2) is 40.3 Å². The molecular formula is C19H24F3N5O5S2. The molecule has 1 aromatic carbocycles. The molecule has 1 atom stereocenters. The van der Waals surface area contributed by atoms with Gasteiger partial charge < -0.3 is 10.4 Å². The summed E-state index contributed by atoms with van der Waals surface area (Å²) in [4.78, 5) is 22.1. The lowest BCUT2D eigenvalue weighted by molar-refractivity contribution is -0.192. The molecule has 0 radical (unpaired) electrons. The van der Waals surface area contributed by atoms with Crippen LogP contribution in [0.2, 0.25) is 0 Å². The molecule has 1 fully saturated rings. The molecule has 1 unspecified atom stereocenters. The third-order valence-corrected chi connectivity index (χ3v) is 6.82. The molecule has 1 aliphatic heterocycles. The number of piperidine rings is 1. The van der Waals surface area contributed by atoms with Crippen LogP contribution in [0.5, 0.6) is 0 Å². The summed E-state index contributed by atoms with van der Waals surface area (Å²) in [5.41, 5.74) is -0.0177. The van der Waals surface area contributed by atoms with Crippen LogP contribution in [-0.4, -0.2) is 65.4 Å². The van der Waals surface area contributed by atoms with E-state index in [0.717, 1.165) is 24.3 Å². The molecule has 0 aliphatic carbocycles. The summed E-state index contributed by atoms with van der Waals surface area (Å²) in [6.45, 7) is 1.66. The van der Waals surface area contributed by atoms with Gasteiger partial charge in [-0.2, -0.15) is 13.2 Å². The number of nitrogens with one attached hydrogen (secondary N) is 2. The number of carbonyl (C=O) groups excluding carboxylic acids is 1. The number of hydrogen-bond donors (Lipinski definition) is 3. The van der Waals surface area contributed by atoms with E-state index in [0.29, 0.717) is 12.6 Å².